The summed E-state index contributed by atoms with van der Waals surface area (Å²) in [6.07, 6.45) is -0.373. The number of nitrogens with zero attached hydrogens (tertiary/aromatic N) is 1. The van der Waals surface area contributed by atoms with Crippen LogP contribution in [0.15, 0.2) is 12.1 Å². The first-order valence-electron chi connectivity index (χ1n) is 6.19. The van der Waals surface area contributed by atoms with Gasteiger partial charge in [-0.05, 0) is 26.0 Å². The van der Waals surface area contributed by atoms with Crippen LogP contribution in [0.25, 0.3) is 0 Å². The molecule has 2 atom stereocenters. The molecule has 1 aliphatic rings. The standard InChI is InChI=1S/C13H19N3O2.2ClH/c1-8-3-4-11(9(2)16-8)13(18)15-6-10-5-14-7-12(10)17;;/h3-4,10,12,14,17H,5-7H2,1-2H3,(H,15,18);2*1H. The Morgan fingerprint density at radius 3 is 2.65 bits per heavy atom. The smallest absolute Gasteiger partial charge is 0.253 e. The van der Waals surface area contributed by atoms with Gasteiger partial charge in [0.05, 0.1) is 17.4 Å². The zero-order valence-corrected chi connectivity index (χ0v) is 13.2. The second kappa shape index (κ2) is 8.42. The predicted octanol–water partition coefficient (Wildman–Crippen LogP) is 0.852. The van der Waals surface area contributed by atoms with Crippen LogP contribution in [0.5, 0.6) is 0 Å². The van der Waals surface area contributed by atoms with Gasteiger partial charge in [-0.15, -0.1) is 24.8 Å². The summed E-state index contributed by atoms with van der Waals surface area (Å²) in [6.45, 7) is 5.56. The zero-order valence-electron chi connectivity index (χ0n) is 11.5. The number of aliphatic hydroxyl groups is 1. The summed E-state index contributed by atoms with van der Waals surface area (Å²) in [5.41, 5.74) is 2.23. The summed E-state index contributed by atoms with van der Waals surface area (Å²) < 4.78 is 0. The maximum Gasteiger partial charge on any atom is 0.253 e. The Morgan fingerprint density at radius 2 is 2.10 bits per heavy atom. The topological polar surface area (TPSA) is 74.2 Å². The number of hydrogen-bond acceptors (Lipinski definition) is 4. The van der Waals surface area contributed by atoms with Crippen molar-refractivity contribution >= 4 is 30.7 Å². The number of aliphatic hydroxyl groups excluding tert-OH is 1. The summed E-state index contributed by atoms with van der Waals surface area (Å²) in [7, 11) is 0. The molecular formula is C13H21Cl2N3O2. The molecule has 0 aromatic carbocycles. The molecular weight excluding hydrogens is 301 g/mol. The fourth-order valence-corrected chi connectivity index (χ4v) is 2.17. The van der Waals surface area contributed by atoms with Gasteiger partial charge in [0.15, 0.2) is 0 Å². The number of nitrogens with one attached hydrogen (secondary N) is 2. The molecule has 3 N–H and O–H groups in total. The number of rotatable bonds is 3. The quantitative estimate of drug-likeness (QED) is 0.771. The van der Waals surface area contributed by atoms with E-state index in [1.165, 1.54) is 0 Å². The first kappa shape index (κ1) is 19.1. The molecule has 2 rings (SSSR count). The minimum absolute atomic E-state index is 0. The van der Waals surface area contributed by atoms with Crippen LogP contribution in [0.3, 0.4) is 0 Å². The van der Waals surface area contributed by atoms with Gasteiger partial charge in [0.25, 0.3) is 5.91 Å². The van der Waals surface area contributed by atoms with E-state index >= 15 is 0 Å². The Hall–Kier alpha value is -0.880. The molecule has 1 fully saturated rings. The van der Waals surface area contributed by atoms with Crippen LogP contribution in [0.1, 0.15) is 21.7 Å². The predicted molar refractivity (Wildman–Crippen MR) is 82.9 cm³/mol. The van der Waals surface area contributed by atoms with Gasteiger partial charge in [-0.3, -0.25) is 9.78 Å². The van der Waals surface area contributed by atoms with Gasteiger partial charge in [0.1, 0.15) is 0 Å². The van der Waals surface area contributed by atoms with Crippen LogP contribution in [0, 0.1) is 19.8 Å². The average Bonchev–Trinajstić information content (AvgIpc) is 2.72. The molecule has 1 amide bonds. The molecule has 20 heavy (non-hydrogen) atoms. The maximum absolute atomic E-state index is 12.0. The molecule has 2 unspecified atom stereocenters. The van der Waals surface area contributed by atoms with Gasteiger partial charge in [0.2, 0.25) is 0 Å². The van der Waals surface area contributed by atoms with Crippen molar-refractivity contribution in [3.05, 3.63) is 29.1 Å². The van der Waals surface area contributed by atoms with Crippen LogP contribution in [0.4, 0.5) is 0 Å². The van der Waals surface area contributed by atoms with Crippen LogP contribution in [0.2, 0.25) is 0 Å². The van der Waals surface area contributed by atoms with Crippen LogP contribution < -0.4 is 10.6 Å². The molecule has 1 saturated heterocycles. The SMILES string of the molecule is Cc1ccc(C(=O)NCC2CNCC2O)c(C)n1.Cl.Cl. The second-order valence-corrected chi connectivity index (χ2v) is 4.78. The van der Waals surface area contributed by atoms with Crippen LogP contribution in [-0.4, -0.2) is 41.7 Å². The van der Waals surface area contributed by atoms with Crippen molar-refractivity contribution in [2.75, 3.05) is 19.6 Å². The zero-order chi connectivity index (χ0) is 13.1. The number of pyridine rings is 1. The van der Waals surface area contributed by atoms with E-state index in [4.69, 9.17) is 0 Å². The van der Waals surface area contributed by atoms with E-state index in [0.29, 0.717) is 18.7 Å². The normalized spacial score (nSPS) is 20.8. The van der Waals surface area contributed by atoms with Crippen molar-refractivity contribution < 1.29 is 9.90 Å². The summed E-state index contributed by atoms with van der Waals surface area (Å²) in [5, 5.41) is 15.6. The molecule has 1 aliphatic heterocycles. The summed E-state index contributed by atoms with van der Waals surface area (Å²) in [4.78, 5) is 16.3. The lowest BCUT2D eigenvalue weighted by molar-refractivity contribution is 0.0926. The van der Waals surface area contributed by atoms with Crippen molar-refractivity contribution in [1.29, 1.82) is 0 Å². The first-order chi connectivity index (χ1) is 8.58. The number of aryl methyl sites for hydroxylation is 2. The van der Waals surface area contributed by atoms with E-state index < -0.39 is 0 Å². The fraction of sp³-hybridized carbons (Fsp3) is 0.538. The minimum atomic E-state index is -0.373. The van der Waals surface area contributed by atoms with E-state index in [2.05, 4.69) is 15.6 Å². The molecule has 5 nitrogen and oxygen atoms in total. The van der Waals surface area contributed by atoms with Gasteiger partial charge >= 0.3 is 0 Å². The van der Waals surface area contributed by atoms with Crippen molar-refractivity contribution in [3.63, 3.8) is 0 Å². The van der Waals surface area contributed by atoms with Gasteiger partial charge in [-0.2, -0.15) is 0 Å². The third kappa shape index (κ3) is 4.59. The van der Waals surface area contributed by atoms with Crippen molar-refractivity contribution in [1.82, 2.24) is 15.6 Å². The monoisotopic (exact) mass is 321 g/mol. The number of aromatic nitrogens is 1. The molecule has 0 radical (unpaired) electrons. The summed E-state index contributed by atoms with van der Waals surface area (Å²) in [6, 6.07) is 3.62. The lowest BCUT2D eigenvalue weighted by Crippen LogP contribution is -2.34. The third-order valence-electron chi connectivity index (χ3n) is 3.30. The Bertz CT molecular complexity index is 457. The maximum atomic E-state index is 12.0. The number of hydrogen-bond donors (Lipinski definition) is 3. The summed E-state index contributed by atoms with van der Waals surface area (Å²) in [5.74, 6) is -0.0354. The number of amides is 1. The molecule has 7 heteroatoms. The molecule has 0 spiro atoms. The highest BCUT2D eigenvalue weighted by atomic mass is 35.5. The Balaban J connectivity index is 0.00000180. The van der Waals surface area contributed by atoms with E-state index in [9.17, 15) is 9.90 Å². The van der Waals surface area contributed by atoms with E-state index in [0.717, 1.165) is 17.9 Å². The molecule has 1 aromatic rings. The van der Waals surface area contributed by atoms with Crippen LogP contribution >= 0.6 is 24.8 Å². The Kier molecular flexibility index (Phi) is 8.05. The number of β-amino-alcohol motifs (C(OH)–C–C–N with tert-alkyl or cyclic N) is 1. The molecule has 0 bridgehead atoms. The second-order valence-electron chi connectivity index (χ2n) is 4.78. The molecule has 0 saturated carbocycles. The fourth-order valence-electron chi connectivity index (χ4n) is 2.17. The minimum Gasteiger partial charge on any atom is -0.391 e. The van der Waals surface area contributed by atoms with Gasteiger partial charge in [-0.1, -0.05) is 0 Å². The largest absolute Gasteiger partial charge is 0.391 e. The lowest BCUT2D eigenvalue weighted by atomic mass is 10.1. The van der Waals surface area contributed by atoms with E-state index in [1.54, 1.807) is 6.07 Å². The first-order valence-corrected chi connectivity index (χ1v) is 6.19. The van der Waals surface area contributed by atoms with Gasteiger partial charge in [0, 0.05) is 31.2 Å². The lowest BCUT2D eigenvalue weighted by Gasteiger charge is -2.14. The van der Waals surface area contributed by atoms with Gasteiger partial charge < -0.3 is 15.7 Å². The van der Waals surface area contributed by atoms with E-state index in [1.807, 2.05) is 19.9 Å². The molecule has 114 valence electrons. The van der Waals surface area contributed by atoms with Crippen molar-refractivity contribution in [3.8, 4) is 0 Å². The molecule has 1 aromatic heterocycles. The number of carbonyl (C=O) groups excluding carboxylic acids is 1. The average molecular weight is 322 g/mol. The Morgan fingerprint density at radius 1 is 1.40 bits per heavy atom. The van der Waals surface area contributed by atoms with Gasteiger partial charge in [-0.25, -0.2) is 0 Å². The number of halogens is 2. The summed E-state index contributed by atoms with van der Waals surface area (Å²) >= 11 is 0. The van der Waals surface area contributed by atoms with Crippen molar-refractivity contribution in [2.45, 2.75) is 20.0 Å². The number of carbonyl (C=O) groups is 1. The highest BCUT2D eigenvalue weighted by Crippen LogP contribution is 2.09. The van der Waals surface area contributed by atoms with Crippen LogP contribution in [-0.2, 0) is 0 Å². The van der Waals surface area contributed by atoms with E-state index in [-0.39, 0.29) is 42.7 Å². The molecule has 2 heterocycles. The highest BCUT2D eigenvalue weighted by molar-refractivity contribution is 5.95. The van der Waals surface area contributed by atoms with Crippen molar-refractivity contribution in [2.24, 2.45) is 5.92 Å². The third-order valence-corrected chi connectivity index (χ3v) is 3.30. The Labute approximate surface area is 131 Å². The molecule has 0 aliphatic carbocycles. The highest BCUT2D eigenvalue weighted by Gasteiger charge is 2.25.